The topological polar surface area (TPSA) is 81.9 Å². The molecule has 0 saturated heterocycles. The van der Waals surface area contributed by atoms with Crippen LogP contribution in [-0.2, 0) is 6.54 Å². The number of amides is 1. The Balaban J connectivity index is 1.77. The SMILES string of the molecule is CCn1nc(C)c(C(C)NC(=O)c2ccc(-c3nccnc3OC)cc2)c1C. The molecule has 0 bridgehead atoms. The zero-order valence-corrected chi connectivity index (χ0v) is 16.9. The molecular formula is C21H25N5O2. The second-order valence-electron chi connectivity index (χ2n) is 6.59. The highest BCUT2D eigenvalue weighted by molar-refractivity contribution is 5.95. The van der Waals surface area contributed by atoms with E-state index in [1.807, 2.05) is 37.6 Å². The lowest BCUT2D eigenvalue weighted by Crippen LogP contribution is -2.27. The molecule has 7 nitrogen and oxygen atoms in total. The van der Waals surface area contributed by atoms with E-state index in [1.54, 1.807) is 31.6 Å². The summed E-state index contributed by atoms with van der Waals surface area (Å²) in [6, 6.07) is 7.11. The standard InChI is InChI=1S/C21H25N5O2/c1-6-26-15(4)18(14(3)25-26)13(2)24-20(27)17-9-7-16(8-10-17)19-21(28-5)23-12-11-22-19/h7-13H,6H2,1-5H3,(H,24,27). The molecule has 0 fully saturated rings. The maximum atomic E-state index is 12.7. The van der Waals surface area contributed by atoms with Crippen molar-refractivity contribution in [3.63, 3.8) is 0 Å². The van der Waals surface area contributed by atoms with Crippen molar-refractivity contribution >= 4 is 5.91 Å². The van der Waals surface area contributed by atoms with Crippen LogP contribution in [0, 0.1) is 13.8 Å². The summed E-state index contributed by atoms with van der Waals surface area (Å²) in [6.07, 6.45) is 3.19. The van der Waals surface area contributed by atoms with Gasteiger partial charge < -0.3 is 10.1 Å². The normalized spacial score (nSPS) is 11.9. The molecule has 1 atom stereocenters. The Kier molecular flexibility index (Phi) is 5.73. The van der Waals surface area contributed by atoms with Crippen LogP contribution in [0.4, 0.5) is 0 Å². The van der Waals surface area contributed by atoms with E-state index in [4.69, 9.17) is 4.74 Å². The quantitative estimate of drug-likeness (QED) is 0.709. The van der Waals surface area contributed by atoms with Gasteiger partial charge in [0.15, 0.2) is 0 Å². The third-order valence-electron chi connectivity index (χ3n) is 4.80. The minimum Gasteiger partial charge on any atom is -0.479 e. The maximum absolute atomic E-state index is 12.7. The van der Waals surface area contributed by atoms with E-state index in [1.165, 1.54) is 0 Å². The van der Waals surface area contributed by atoms with Crippen LogP contribution >= 0.6 is 0 Å². The molecule has 1 aromatic carbocycles. The third-order valence-corrected chi connectivity index (χ3v) is 4.80. The Bertz CT molecular complexity index is 979. The number of nitrogens with zero attached hydrogens (tertiary/aromatic N) is 4. The lowest BCUT2D eigenvalue weighted by Gasteiger charge is -2.15. The highest BCUT2D eigenvalue weighted by atomic mass is 16.5. The van der Waals surface area contributed by atoms with Crippen LogP contribution in [0.15, 0.2) is 36.7 Å². The van der Waals surface area contributed by atoms with Crippen molar-refractivity contribution in [1.29, 1.82) is 0 Å². The average Bonchev–Trinajstić information content (AvgIpc) is 3.01. The van der Waals surface area contributed by atoms with Gasteiger partial charge in [0.05, 0.1) is 18.8 Å². The van der Waals surface area contributed by atoms with Crippen LogP contribution in [0.3, 0.4) is 0 Å². The predicted molar refractivity (Wildman–Crippen MR) is 107 cm³/mol. The molecule has 28 heavy (non-hydrogen) atoms. The summed E-state index contributed by atoms with van der Waals surface area (Å²) in [5.74, 6) is 0.320. The minimum atomic E-state index is -0.132. The van der Waals surface area contributed by atoms with Gasteiger partial charge in [0.25, 0.3) is 5.91 Å². The number of hydrogen-bond acceptors (Lipinski definition) is 5. The summed E-state index contributed by atoms with van der Waals surface area (Å²) >= 11 is 0. The predicted octanol–water partition coefficient (Wildman–Crippen LogP) is 3.48. The molecule has 2 aromatic heterocycles. The van der Waals surface area contributed by atoms with Crippen LogP contribution < -0.4 is 10.1 Å². The van der Waals surface area contributed by atoms with Gasteiger partial charge in [-0.2, -0.15) is 5.10 Å². The van der Waals surface area contributed by atoms with Crippen molar-refractivity contribution in [2.45, 2.75) is 40.3 Å². The molecule has 0 radical (unpaired) electrons. The van der Waals surface area contributed by atoms with Gasteiger partial charge in [0.2, 0.25) is 5.88 Å². The maximum Gasteiger partial charge on any atom is 0.251 e. The zero-order chi connectivity index (χ0) is 20.3. The Morgan fingerprint density at radius 2 is 1.86 bits per heavy atom. The molecular weight excluding hydrogens is 354 g/mol. The van der Waals surface area contributed by atoms with Crippen LogP contribution in [0.25, 0.3) is 11.3 Å². The van der Waals surface area contributed by atoms with E-state index in [2.05, 4.69) is 27.3 Å². The molecule has 0 saturated carbocycles. The van der Waals surface area contributed by atoms with Gasteiger partial charge in [0, 0.05) is 41.3 Å². The summed E-state index contributed by atoms with van der Waals surface area (Å²) < 4.78 is 7.21. The van der Waals surface area contributed by atoms with Crippen LogP contribution in [-0.4, -0.2) is 32.8 Å². The number of carbonyl (C=O) groups is 1. The number of rotatable bonds is 6. The van der Waals surface area contributed by atoms with Crippen LogP contribution in [0.1, 0.15) is 47.2 Å². The van der Waals surface area contributed by atoms with Gasteiger partial charge in [-0.15, -0.1) is 0 Å². The van der Waals surface area contributed by atoms with Gasteiger partial charge >= 0.3 is 0 Å². The van der Waals surface area contributed by atoms with Crippen molar-refractivity contribution < 1.29 is 9.53 Å². The van der Waals surface area contributed by atoms with Gasteiger partial charge in [-0.25, -0.2) is 9.97 Å². The summed E-state index contributed by atoms with van der Waals surface area (Å²) in [7, 11) is 1.56. The number of methoxy groups -OCH3 is 1. The largest absolute Gasteiger partial charge is 0.479 e. The number of aromatic nitrogens is 4. The molecule has 1 unspecified atom stereocenters. The van der Waals surface area contributed by atoms with E-state index in [0.29, 0.717) is 17.1 Å². The first-order chi connectivity index (χ1) is 13.5. The fraction of sp³-hybridized carbons (Fsp3) is 0.333. The van der Waals surface area contributed by atoms with Gasteiger partial charge in [-0.1, -0.05) is 12.1 Å². The highest BCUT2D eigenvalue weighted by Crippen LogP contribution is 2.26. The van der Waals surface area contributed by atoms with E-state index < -0.39 is 0 Å². The van der Waals surface area contributed by atoms with Crippen molar-refractivity contribution in [2.24, 2.45) is 0 Å². The van der Waals surface area contributed by atoms with E-state index >= 15 is 0 Å². The molecule has 1 amide bonds. The monoisotopic (exact) mass is 379 g/mol. The highest BCUT2D eigenvalue weighted by Gasteiger charge is 2.19. The second kappa shape index (κ2) is 8.21. The molecule has 146 valence electrons. The number of benzene rings is 1. The number of nitrogens with one attached hydrogen (secondary N) is 1. The molecule has 1 N–H and O–H groups in total. The summed E-state index contributed by atoms with van der Waals surface area (Å²) in [6.45, 7) is 8.85. The third kappa shape index (κ3) is 3.74. The second-order valence-corrected chi connectivity index (χ2v) is 6.59. The summed E-state index contributed by atoms with van der Waals surface area (Å²) in [4.78, 5) is 21.2. The summed E-state index contributed by atoms with van der Waals surface area (Å²) in [5, 5.41) is 7.60. The van der Waals surface area contributed by atoms with Crippen LogP contribution in [0.2, 0.25) is 0 Å². The molecule has 7 heteroatoms. The fourth-order valence-corrected chi connectivity index (χ4v) is 3.45. The minimum absolute atomic E-state index is 0.131. The molecule has 2 heterocycles. The zero-order valence-electron chi connectivity index (χ0n) is 16.9. The van der Waals surface area contributed by atoms with Crippen molar-refractivity contribution in [1.82, 2.24) is 25.1 Å². The number of hydrogen-bond donors (Lipinski definition) is 1. The Labute approximate surface area is 164 Å². The Morgan fingerprint density at radius 1 is 1.18 bits per heavy atom. The van der Waals surface area contributed by atoms with Crippen molar-refractivity contribution in [3.05, 3.63) is 59.2 Å². The lowest BCUT2D eigenvalue weighted by atomic mass is 10.0. The molecule has 0 aliphatic carbocycles. The first-order valence-electron chi connectivity index (χ1n) is 9.26. The molecule has 0 aliphatic rings. The first-order valence-corrected chi connectivity index (χ1v) is 9.26. The van der Waals surface area contributed by atoms with Crippen molar-refractivity contribution in [3.8, 4) is 17.1 Å². The number of aryl methyl sites for hydroxylation is 2. The number of ether oxygens (including phenoxy) is 1. The van der Waals surface area contributed by atoms with Gasteiger partial charge in [0.1, 0.15) is 5.69 Å². The van der Waals surface area contributed by atoms with Crippen LogP contribution in [0.5, 0.6) is 5.88 Å². The number of carbonyl (C=O) groups excluding carboxylic acids is 1. The van der Waals surface area contributed by atoms with E-state index in [-0.39, 0.29) is 11.9 Å². The molecule has 3 rings (SSSR count). The first kappa shape index (κ1) is 19.5. The molecule has 3 aromatic rings. The fourth-order valence-electron chi connectivity index (χ4n) is 3.45. The smallest absolute Gasteiger partial charge is 0.251 e. The van der Waals surface area contributed by atoms with Gasteiger partial charge in [-0.05, 0) is 39.8 Å². The lowest BCUT2D eigenvalue weighted by molar-refractivity contribution is 0.0940. The van der Waals surface area contributed by atoms with E-state index in [0.717, 1.165) is 29.1 Å². The van der Waals surface area contributed by atoms with Gasteiger partial charge in [-0.3, -0.25) is 9.48 Å². The Morgan fingerprint density at radius 3 is 2.46 bits per heavy atom. The average molecular weight is 379 g/mol. The summed E-state index contributed by atoms with van der Waals surface area (Å²) in [5.41, 5.74) is 5.15. The molecule has 0 spiro atoms. The Hall–Kier alpha value is -3.22. The molecule has 0 aliphatic heterocycles. The van der Waals surface area contributed by atoms with E-state index in [9.17, 15) is 4.79 Å². The van der Waals surface area contributed by atoms with Crippen molar-refractivity contribution in [2.75, 3.05) is 7.11 Å².